The summed E-state index contributed by atoms with van der Waals surface area (Å²) in [4.78, 5) is 0. The summed E-state index contributed by atoms with van der Waals surface area (Å²) in [6.45, 7) is 4.24. The van der Waals surface area contributed by atoms with Gasteiger partial charge in [0.25, 0.3) is 0 Å². The Labute approximate surface area is 104 Å². The van der Waals surface area contributed by atoms with Gasteiger partial charge in [0.1, 0.15) is 17.6 Å². The maximum Gasteiger partial charge on any atom is 0.120 e. The standard InChI is InChI=1S/C14H23NO2/c1-4-6-13(15)14(5-2)17-12-9-7-11(16-3)8-10-12/h7-10,13-14H,4-6,15H2,1-3H3. The normalized spacial score (nSPS) is 14.1. The van der Waals surface area contributed by atoms with Crippen LogP contribution in [0.1, 0.15) is 33.1 Å². The maximum atomic E-state index is 6.09. The predicted octanol–water partition coefficient (Wildman–Crippen LogP) is 2.98. The van der Waals surface area contributed by atoms with Crippen LogP contribution in [0.25, 0.3) is 0 Å². The Bertz CT molecular complexity index is 311. The van der Waals surface area contributed by atoms with Crippen molar-refractivity contribution in [2.75, 3.05) is 7.11 Å². The summed E-state index contributed by atoms with van der Waals surface area (Å²) in [6, 6.07) is 7.73. The van der Waals surface area contributed by atoms with E-state index in [-0.39, 0.29) is 12.1 Å². The fourth-order valence-corrected chi connectivity index (χ4v) is 1.82. The Kier molecular flexibility index (Phi) is 5.84. The van der Waals surface area contributed by atoms with E-state index in [9.17, 15) is 0 Å². The summed E-state index contributed by atoms with van der Waals surface area (Å²) in [5.41, 5.74) is 6.09. The van der Waals surface area contributed by atoms with Gasteiger partial charge in [-0.1, -0.05) is 20.3 Å². The first kappa shape index (κ1) is 13.8. The minimum Gasteiger partial charge on any atom is -0.497 e. The largest absolute Gasteiger partial charge is 0.497 e. The monoisotopic (exact) mass is 237 g/mol. The Morgan fingerprint density at radius 2 is 1.71 bits per heavy atom. The molecule has 0 fully saturated rings. The van der Waals surface area contributed by atoms with Crippen molar-refractivity contribution < 1.29 is 9.47 Å². The molecule has 1 aromatic rings. The Morgan fingerprint density at radius 3 is 2.18 bits per heavy atom. The number of methoxy groups -OCH3 is 1. The summed E-state index contributed by atoms with van der Waals surface area (Å²) in [6.07, 6.45) is 3.09. The minimum absolute atomic E-state index is 0.0864. The molecular formula is C14H23NO2. The van der Waals surface area contributed by atoms with Crippen molar-refractivity contribution in [3.05, 3.63) is 24.3 Å². The van der Waals surface area contributed by atoms with E-state index in [1.165, 1.54) is 0 Å². The van der Waals surface area contributed by atoms with Gasteiger partial charge in [-0.05, 0) is 37.1 Å². The first-order valence-corrected chi connectivity index (χ1v) is 6.27. The molecule has 17 heavy (non-hydrogen) atoms. The van der Waals surface area contributed by atoms with Gasteiger partial charge < -0.3 is 15.2 Å². The zero-order chi connectivity index (χ0) is 12.7. The molecule has 0 spiro atoms. The summed E-state index contributed by atoms with van der Waals surface area (Å²) >= 11 is 0. The first-order valence-electron chi connectivity index (χ1n) is 6.27. The van der Waals surface area contributed by atoms with Gasteiger partial charge in [-0.2, -0.15) is 0 Å². The van der Waals surface area contributed by atoms with E-state index >= 15 is 0 Å². The highest BCUT2D eigenvalue weighted by atomic mass is 16.5. The topological polar surface area (TPSA) is 44.5 Å². The average molecular weight is 237 g/mol. The zero-order valence-corrected chi connectivity index (χ0v) is 11.0. The van der Waals surface area contributed by atoms with Gasteiger partial charge in [-0.25, -0.2) is 0 Å². The maximum absolute atomic E-state index is 6.09. The van der Waals surface area contributed by atoms with Crippen LogP contribution >= 0.6 is 0 Å². The molecule has 0 aliphatic heterocycles. The lowest BCUT2D eigenvalue weighted by Gasteiger charge is -2.23. The predicted molar refractivity (Wildman–Crippen MR) is 70.6 cm³/mol. The van der Waals surface area contributed by atoms with Gasteiger partial charge in [0.2, 0.25) is 0 Å². The molecule has 0 aliphatic rings. The van der Waals surface area contributed by atoms with Gasteiger partial charge in [-0.15, -0.1) is 0 Å². The van der Waals surface area contributed by atoms with E-state index in [4.69, 9.17) is 15.2 Å². The van der Waals surface area contributed by atoms with Crippen molar-refractivity contribution in [1.82, 2.24) is 0 Å². The second-order valence-corrected chi connectivity index (χ2v) is 4.19. The molecule has 0 radical (unpaired) electrons. The Morgan fingerprint density at radius 1 is 1.12 bits per heavy atom. The third kappa shape index (κ3) is 4.27. The molecular weight excluding hydrogens is 214 g/mol. The molecule has 0 amide bonds. The van der Waals surface area contributed by atoms with Gasteiger partial charge in [-0.3, -0.25) is 0 Å². The van der Waals surface area contributed by atoms with Crippen molar-refractivity contribution >= 4 is 0 Å². The van der Waals surface area contributed by atoms with Crippen LogP contribution < -0.4 is 15.2 Å². The van der Waals surface area contributed by atoms with Crippen LogP contribution in [0, 0.1) is 0 Å². The van der Waals surface area contributed by atoms with Gasteiger partial charge >= 0.3 is 0 Å². The minimum atomic E-state index is 0.0864. The van der Waals surface area contributed by atoms with Crippen molar-refractivity contribution in [2.45, 2.75) is 45.3 Å². The lowest BCUT2D eigenvalue weighted by Crippen LogP contribution is -2.38. The smallest absolute Gasteiger partial charge is 0.120 e. The van der Waals surface area contributed by atoms with E-state index in [1.807, 2.05) is 24.3 Å². The van der Waals surface area contributed by atoms with Gasteiger partial charge in [0, 0.05) is 6.04 Å². The third-order valence-electron chi connectivity index (χ3n) is 2.85. The number of ether oxygens (including phenoxy) is 2. The molecule has 0 bridgehead atoms. The SMILES string of the molecule is CCCC(N)C(CC)Oc1ccc(OC)cc1. The summed E-state index contributed by atoms with van der Waals surface area (Å²) in [5.74, 6) is 1.69. The molecule has 3 heteroatoms. The lowest BCUT2D eigenvalue weighted by molar-refractivity contribution is 0.161. The van der Waals surface area contributed by atoms with Crippen LogP contribution in [0.2, 0.25) is 0 Å². The molecule has 0 saturated heterocycles. The Balaban J connectivity index is 2.60. The van der Waals surface area contributed by atoms with Crippen LogP contribution in [0.4, 0.5) is 0 Å². The lowest BCUT2D eigenvalue weighted by atomic mass is 10.0. The van der Waals surface area contributed by atoms with E-state index in [1.54, 1.807) is 7.11 Å². The number of hydrogen-bond acceptors (Lipinski definition) is 3. The molecule has 0 aromatic heterocycles. The second-order valence-electron chi connectivity index (χ2n) is 4.19. The number of benzene rings is 1. The fraction of sp³-hybridized carbons (Fsp3) is 0.571. The van der Waals surface area contributed by atoms with Gasteiger partial charge in [0.05, 0.1) is 7.11 Å². The van der Waals surface area contributed by atoms with Crippen LogP contribution in [-0.2, 0) is 0 Å². The highest BCUT2D eigenvalue weighted by molar-refractivity contribution is 5.31. The quantitative estimate of drug-likeness (QED) is 0.793. The average Bonchev–Trinajstić information content (AvgIpc) is 2.37. The highest BCUT2D eigenvalue weighted by Gasteiger charge is 2.16. The molecule has 0 heterocycles. The van der Waals surface area contributed by atoms with Crippen LogP contribution in [0.5, 0.6) is 11.5 Å². The molecule has 2 unspecified atom stereocenters. The van der Waals surface area contributed by atoms with Gasteiger partial charge in [0.15, 0.2) is 0 Å². The zero-order valence-electron chi connectivity index (χ0n) is 11.0. The van der Waals surface area contributed by atoms with Crippen LogP contribution in [0.15, 0.2) is 24.3 Å². The first-order chi connectivity index (χ1) is 8.21. The molecule has 0 aliphatic carbocycles. The number of nitrogens with two attached hydrogens (primary N) is 1. The molecule has 0 saturated carbocycles. The second kappa shape index (κ2) is 7.17. The molecule has 2 atom stereocenters. The van der Waals surface area contributed by atoms with Crippen molar-refractivity contribution in [3.63, 3.8) is 0 Å². The fourth-order valence-electron chi connectivity index (χ4n) is 1.82. The van der Waals surface area contributed by atoms with Crippen molar-refractivity contribution in [3.8, 4) is 11.5 Å². The molecule has 1 rings (SSSR count). The van der Waals surface area contributed by atoms with E-state index in [0.29, 0.717) is 0 Å². The molecule has 3 nitrogen and oxygen atoms in total. The number of hydrogen-bond donors (Lipinski definition) is 1. The molecule has 1 aromatic carbocycles. The van der Waals surface area contributed by atoms with E-state index < -0.39 is 0 Å². The highest BCUT2D eigenvalue weighted by Crippen LogP contribution is 2.20. The summed E-state index contributed by atoms with van der Waals surface area (Å²) < 4.78 is 11.0. The third-order valence-corrected chi connectivity index (χ3v) is 2.85. The number of rotatable bonds is 7. The van der Waals surface area contributed by atoms with E-state index in [0.717, 1.165) is 30.8 Å². The van der Waals surface area contributed by atoms with Crippen LogP contribution in [0.3, 0.4) is 0 Å². The van der Waals surface area contributed by atoms with Crippen molar-refractivity contribution in [2.24, 2.45) is 5.73 Å². The van der Waals surface area contributed by atoms with Crippen molar-refractivity contribution in [1.29, 1.82) is 0 Å². The Hall–Kier alpha value is -1.22. The summed E-state index contributed by atoms with van der Waals surface area (Å²) in [7, 11) is 1.65. The molecule has 96 valence electrons. The van der Waals surface area contributed by atoms with E-state index in [2.05, 4.69) is 13.8 Å². The van der Waals surface area contributed by atoms with Crippen LogP contribution in [-0.4, -0.2) is 19.3 Å². The summed E-state index contributed by atoms with van der Waals surface area (Å²) in [5, 5.41) is 0. The molecule has 2 N–H and O–H groups in total.